The number of piperidine rings is 1. The number of aliphatic carboxylic acids is 1. The largest absolute Gasteiger partial charge is 0.480 e. The van der Waals surface area contributed by atoms with Gasteiger partial charge in [0.05, 0.1) is 0 Å². The minimum atomic E-state index is -0.762. The Balaban J connectivity index is 2.37. The molecule has 1 N–H and O–H groups in total. The highest BCUT2D eigenvalue weighted by Gasteiger charge is 2.35. The van der Waals surface area contributed by atoms with Gasteiger partial charge in [-0.1, -0.05) is 13.8 Å². The van der Waals surface area contributed by atoms with Gasteiger partial charge in [-0.3, -0.25) is 0 Å². The molecule has 0 saturated carbocycles. The molecule has 1 aliphatic heterocycles. The van der Waals surface area contributed by atoms with E-state index in [0.29, 0.717) is 5.82 Å². The Kier molecular flexibility index (Phi) is 4.02. The Morgan fingerprint density at radius 3 is 2.89 bits per heavy atom. The van der Waals surface area contributed by atoms with E-state index in [-0.39, 0.29) is 5.92 Å². The summed E-state index contributed by atoms with van der Waals surface area (Å²) in [5.41, 5.74) is 0.963. The van der Waals surface area contributed by atoms with Crippen LogP contribution in [0.4, 0.5) is 5.82 Å². The first-order chi connectivity index (χ1) is 9.02. The van der Waals surface area contributed by atoms with Crippen molar-refractivity contribution in [3.63, 3.8) is 0 Å². The average molecular weight is 263 g/mol. The third-order valence-corrected chi connectivity index (χ3v) is 3.72. The predicted molar refractivity (Wildman–Crippen MR) is 73.3 cm³/mol. The first-order valence-electron chi connectivity index (χ1n) is 6.87. The van der Waals surface area contributed by atoms with Gasteiger partial charge >= 0.3 is 5.97 Å². The Bertz CT molecular complexity index is 476. The van der Waals surface area contributed by atoms with E-state index in [1.54, 1.807) is 0 Å². The van der Waals surface area contributed by atoms with Crippen LogP contribution in [-0.2, 0) is 11.2 Å². The van der Waals surface area contributed by atoms with Crippen LogP contribution in [0.3, 0.4) is 0 Å². The second-order valence-corrected chi connectivity index (χ2v) is 5.21. The molecule has 2 atom stereocenters. The average Bonchev–Trinajstić information content (AvgIpc) is 2.37. The topological polar surface area (TPSA) is 66.3 Å². The number of aryl methyl sites for hydroxylation is 2. The molecule has 1 fully saturated rings. The highest BCUT2D eigenvalue weighted by atomic mass is 16.4. The minimum Gasteiger partial charge on any atom is -0.480 e. The summed E-state index contributed by atoms with van der Waals surface area (Å²) in [6.45, 7) is 6.64. The van der Waals surface area contributed by atoms with Crippen molar-refractivity contribution in [3.8, 4) is 0 Å². The van der Waals surface area contributed by atoms with Crippen LogP contribution in [0.5, 0.6) is 0 Å². The monoisotopic (exact) mass is 263 g/mol. The van der Waals surface area contributed by atoms with E-state index < -0.39 is 12.0 Å². The van der Waals surface area contributed by atoms with Crippen LogP contribution < -0.4 is 4.90 Å². The van der Waals surface area contributed by atoms with Gasteiger partial charge in [-0.15, -0.1) is 0 Å². The van der Waals surface area contributed by atoms with Gasteiger partial charge in [0.1, 0.15) is 17.7 Å². The Morgan fingerprint density at radius 1 is 1.53 bits per heavy atom. The molecular weight excluding hydrogens is 242 g/mol. The molecule has 5 heteroatoms. The van der Waals surface area contributed by atoms with Gasteiger partial charge in [-0.05, 0) is 32.1 Å². The van der Waals surface area contributed by atoms with Crippen LogP contribution in [0, 0.1) is 12.8 Å². The molecule has 2 rings (SSSR count). The number of nitrogens with zero attached hydrogens (tertiary/aromatic N) is 3. The van der Waals surface area contributed by atoms with Gasteiger partial charge < -0.3 is 10.0 Å². The Hall–Kier alpha value is -1.65. The zero-order valence-corrected chi connectivity index (χ0v) is 11.8. The zero-order chi connectivity index (χ0) is 14.0. The summed E-state index contributed by atoms with van der Waals surface area (Å²) in [6.07, 6.45) is 2.80. The Morgan fingerprint density at radius 2 is 2.26 bits per heavy atom. The molecule has 0 aromatic carbocycles. The van der Waals surface area contributed by atoms with Gasteiger partial charge in [0.15, 0.2) is 0 Å². The molecule has 1 aliphatic rings. The molecule has 1 aromatic rings. The SMILES string of the molecule is CCc1cc(N2CCCC(C)C2C(=O)O)nc(C)n1. The number of carbonyl (C=O) groups is 1. The number of hydrogen-bond acceptors (Lipinski definition) is 4. The molecule has 2 heterocycles. The van der Waals surface area contributed by atoms with E-state index in [2.05, 4.69) is 9.97 Å². The second kappa shape index (κ2) is 5.55. The lowest BCUT2D eigenvalue weighted by atomic mass is 9.91. The molecule has 19 heavy (non-hydrogen) atoms. The van der Waals surface area contributed by atoms with Gasteiger partial charge in [-0.2, -0.15) is 0 Å². The van der Waals surface area contributed by atoms with Crippen molar-refractivity contribution in [2.75, 3.05) is 11.4 Å². The van der Waals surface area contributed by atoms with E-state index in [0.717, 1.165) is 37.3 Å². The van der Waals surface area contributed by atoms with Crippen LogP contribution in [-0.4, -0.2) is 33.6 Å². The van der Waals surface area contributed by atoms with E-state index in [4.69, 9.17) is 0 Å². The molecule has 104 valence electrons. The van der Waals surface area contributed by atoms with Crippen molar-refractivity contribution in [1.29, 1.82) is 0 Å². The first-order valence-corrected chi connectivity index (χ1v) is 6.87. The predicted octanol–water partition coefficient (Wildman–Crippen LogP) is 2.04. The lowest BCUT2D eigenvalue weighted by Gasteiger charge is -2.38. The van der Waals surface area contributed by atoms with E-state index >= 15 is 0 Å². The summed E-state index contributed by atoms with van der Waals surface area (Å²) < 4.78 is 0. The highest BCUT2D eigenvalue weighted by molar-refractivity contribution is 5.78. The first kappa shape index (κ1) is 13.8. The fraction of sp³-hybridized carbons (Fsp3) is 0.643. The molecule has 1 aromatic heterocycles. The van der Waals surface area contributed by atoms with E-state index in [1.165, 1.54) is 0 Å². The van der Waals surface area contributed by atoms with Gasteiger partial charge in [-0.25, -0.2) is 14.8 Å². The molecule has 0 bridgehead atoms. The normalized spacial score (nSPS) is 23.4. The molecule has 0 amide bonds. The van der Waals surface area contributed by atoms with Crippen LogP contribution >= 0.6 is 0 Å². The summed E-state index contributed by atoms with van der Waals surface area (Å²) in [4.78, 5) is 22.2. The third-order valence-electron chi connectivity index (χ3n) is 3.72. The molecule has 0 radical (unpaired) electrons. The molecule has 0 spiro atoms. The zero-order valence-electron chi connectivity index (χ0n) is 11.8. The molecule has 0 aliphatic carbocycles. The fourth-order valence-corrected chi connectivity index (χ4v) is 2.76. The maximum absolute atomic E-state index is 11.5. The lowest BCUT2D eigenvalue weighted by molar-refractivity contribution is -0.140. The maximum atomic E-state index is 11.5. The van der Waals surface area contributed by atoms with Crippen molar-refractivity contribution in [1.82, 2.24) is 9.97 Å². The van der Waals surface area contributed by atoms with Crippen molar-refractivity contribution in [2.24, 2.45) is 5.92 Å². The number of anilines is 1. The van der Waals surface area contributed by atoms with Gasteiger partial charge in [0.25, 0.3) is 0 Å². The number of carboxylic acids is 1. The second-order valence-electron chi connectivity index (χ2n) is 5.21. The lowest BCUT2D eigenvalue weighted by Crippen LogP contribution is -2.49. The highest BCUT2D eigenvalue weighted by Crippen LogP contribution is 2.28. The summed E-state index contributed by atoms with van der Waals surface area (Å²) >= 11 is 0. The van der Waals surface area contributed by atoms with Crippen LogP contribution in [0.1, 0.15) is 38.2 Å². The van der Waals surface area contributed by atoms with Crippen LogP contribution in [0.15, 0.2) is 6.07 Å². The van der Waals surface area contributed by atoms with Gasteiger partial charge in [0.2, 0.25) is 0 Å². The Labute approximate surface area is 113 Å². The van der Waals surface area contributed by atoms with E-state index in [9.17, 15) is 9.90 Å². The van der Waals surface area contributed by atoms with Crippen molar-refractivity contribution in [2.45, 2.75) is 46.1 Å². The van der Waals surface area contributed by atoms with E-state index in [1.807, 2.05) is 31.7 Å². The smallest absolute Gasteiger partial charge is 0.326 e. The van der Waals surface area contributed by atoms with Crippen molar-refractivity contribution in [3.05, 3.63) is 17.6 Å². The fourth-order valence-electron chi connectivity index (χ4n) is 2.76. The number of aromatic nitrogens is 2. The quantitative estimate of drug-likeness (QED) is 0.904. The number of carboxylic acid groups (broad SMARTS) is 1. The summed E-state index contributed by atoms with van der Waals surface area (Å²) in [7, 11) is 0. The summed E-state index contributed by atoms with van der Waals surface area (Å²) in [6, 6.07) is 1.44. The standard InChI is InChI=1S/C14H21N3O2/c1-4-11-8-12(16-10(3)15-11)17-7-5-6-9(2)13(17)14(18)19/h8-9,13H,4-7H2,1-3H3,(H,18,19). The third kappa shape index (κ3) is 2.85. The van der Waals surface area contributed by atoms with Crippen molar-refractivity contribution >= 4 is 11.8 Å². The maximum Gasteiger partial charge on any atom is 0.326 e. The molecule has 1 saturated heterocycles. The number of hydrogen-bond donors (Lipinski definition) is 1. The number of rotatable bonds is 3. The van der Waals surface area contributed by atoms with Crippen LogP contribution in [0.25, 0.3) is 0 Å². The minimum absolute atomic E-state index is 0.145. The molecule has 2 unspecified atom stereocenters. The van der Waals surface area contributed by atoms with Crippen molar-refractivity contribution < 1.29 is 9.90 Å². The summed E-state index contributed by atoms with van der Waals surface area (Å²) in [5.74, 6) is 0.841. The summed E-state index contributed by atoms with van der Waals surface area (Å²) in [5, 5.41) is 9.45. The molecule has 5 nitrogen and oxygen atoms in total. The van der Waals surface area contributed by atoms with Crippen LogP contribution in [0.2, 0.25) is 0 Å². The van der Waals surface area contributed by atoms with Gasteiger partial charge in [0, 0.05) is 18.3 Å². The molecular formula is C14H21N3O2.